The van der Waals surface area contributed by atoms with Crippen LogP contribution in [0.25, 0.3) is 0 Å². The molecular formula is C32H39ClF2N2O5S. The zero-order chi connectivity index (χ0) is 31.1. The van der Waals surface area contributed by atoms with E-state index in [1.807, 2.05) is 22.9 Å². The number of sulfonamides is 1. The lowest BCUT2D eigenvalue weighted by Gasteiger charge is -2.42. The number of hydrogen-bond donors (Lipinski definition) is 2. The van der Waals surface area contributed by atoms with E-state index in [0.717, 1.165) is 43.2 Å². The number of ether oxygens (including phenoxy) is 1. The van der Waals surface area contributed by atoms with Crippen molar-refractivity contribution in [3.8, 4) is 5.75 Å². The molecule has 11 heteroatoms. The molecule has 43 heavy (non-hydrogen) atoms. The van der Waals surface area contributed by atoms with Gasteiger partial charge in [-0.25, -0.2) is 21.9 Å². The van der Waals surface area contributed by atoms with Crippen LogP contribution in [0.15, 0.2) is 61.7 Å². The number of rotatable bonds is 11. The second-order valence-electron chi connectivity index (χ2n) is 11.2. The van der Waals surface area contributed by atoms with Crippen LogP contribution in [-0.2, 0) is 23.1 Å². The zero-order valence-corrected chi connectivity index (χ0v) is 25.6. The lowest BCUT2D eigenvalue weighted by molar-refractivity contribution is 0.0465. The maximum absolute atomic E-state index is 13.6. The van der Waals surface area contributed by atoms with Crippen LogP contribution in [0, 0.1) is 11.8 Å². The molecule has 7 nitrogen and oxygen atoms in total. The van der Waals surface area contributed by atoms with Crippen LogP contribution in [-0.4, -0.2) is 50.3 Å². The van der Waals surface area contributed by atoms with E-state index in [2.05, 4.69) is 18.1 Å². The number of nitrogens with zero attached hydrogens (tertiary/aromatic N) is 1. The molecule has 234 valence electrons. The van der Waals surface area contributed by atoms with Gasteiger partial charge in [-0.05, 0) is 98.2 Å². The van der Waals surface area contributed by atoms with Gasteiger partial charge in [0, 0.05) is 23.7 Å². The maximum atomic E-state index is 13.6. The third-order valence-corrected chi connectivity index (χ3v) is 10.4. The Hall–Kier alpha value is -2.95. The third-order valence-electron chi connectivity index (χ3n) is 8.42. The maximum Gasteiger partial charge on any atom is 0.264 e. The number of nitrogens with one attached hydrogen (secondary N) is 1. The molecule has 0 bridgehead atoms. The Kier molecular flexibility index (Phi) is 11.3. The summed E-state index contributed by atoms with van der Waals surface area (Å²) in [4.78, 5) is 15.3. The van der Waals surface area contributed by atoms with Gasteiger partial charge in [0.2, 0.25) is 10.0 Å². The first-order valence-corrected chi connectivity index (χ1v) is 16.5. The summed E-state index contributed by atoms with van der Waals surface area (Å²) in [7, 11) is -4.67. The first kappa shape index (κ1) is 33.0. The molecule has 1 saturated carbocycles. The summed E-state index contributed by atoms with van der Waals surface area (Å²) in [5.74, 6) is -0.259. The lowest BCUT2D eigenvalue weighted by atomic mass is 9.70. The smallest absolute Gasteiger partial charge is 0.264 e. The van der Waals surface area contributed by atoms with Gasteiger partial charge < -0.3 is 14.7 Å². The number of carbonyl (C=O) groups excluding carboxylic acids is 1. The molecule has 0 aromatic heterocycles. The predicted octanol–water partition coefficient (Wildman–Crippen LogP) is 6.29. The number of benzene rings is 2. The highest BCUT2D eigenvalue weighted by atomic mass is 35.5. The number of hydrogen-bond acceptors (Lipinski definition) is 6. The molecule has 0 spiro atoms. The topological polar surface area (TPSA) is 95.9 Å². The molecule has 0 unspecified atom stereocenters. The highest BCUT2D eigenvalue weighted by Gasteiger charge is 2.37. The number of aliphatic hydroxyl groups excluding tert-OH is 1. The monoisotopic (exact) mass is 636 g/mol. The van der Waals surface area contributed by atoms with Crippen molar-refractivity contribution in [1.29, 1.82) is 0 Å². The number of halogens is 3. The van der Waals surface area contributed by atoms with Gasteiger partial charge in [0.05, 0.1) is 11.8 Å². The van der Waals surface area contributed by atoms with Crippen molar-refractivity contribution < 1.29 is 31.8 Å². The highest BCUT2D eigenvalue weighted by Crippen LogP contribution is 2.40. The van der Waals surface area contributed by atoms with E-state index in [9.17, 15) is 27.1 Å². The molecule has 2 aliphatic rings. The number of fused-ring (bicyclic) bond motifs is 2. The number of carbonyl (C=O) groups is 1. The van der Waals surface area contributed by atoms with Crippen LogP contribution >= 0.6 is 11.6 Å². The predicted molar refractivity (Wildman–Crippen MR) is 165 cm³/mol. The van der Waals surface area contributed by atoms with E-state index >= 15 is 0 Å². The molecule has 4 rings (SSSR count). The average Bonchev–Trinajstić information content (AvgIpc) is 2.98. The fraction of sp³-hybridized carbons (Fsp3) is 0.469. The summed E-state index contributed by atoms with van der Waals surface area (Å²) >= 11 is 6.26. The number of aliphatic hydroxyl groups is 1. The van der Waals surface area contributed by atoms with Crippen LogP contribution in [0.3, 0.4) is 0 Å². The van der Waals surface area contributed by atoms with Gasteiger partial charge in [0.25, 0.3) is 12.3 Å². The molecule has 2 N–H and O–H groups in total. The molecule has 1 amide bonds. The van der Waals surface area contributed by atoms with Gasteiger partial charge in [-0.1, -0.05) is 29.8 Å². The van der Waals surface area contributed by atoms with Crippen LogP contribution in [0.2, 0.25) is 5.02 Å². The number of allylic oxidation sites excluding steroid dienone is 1. The van der Waals surface area contributed by atoms with Crippen molar-refractivity contribution in [2.45, 2.75) is 69.3 Å². The summed E-state index contributed by atoms with van der Waals surface area (Å²) in [6.07, 6.45) is 3.13. The normalized spacial score (nSPS) is 20.3. The minimum Gasteiger partial charge on any atom is -0.487 e. The molecule has 1 fully saturated rings. The molecule has 1 aliphatic heterocycles. The Morgan fingerprint density at radius 3 is 2.63 bits per heavy atom. The Labute approximate surface area is 257 Å². The van der Waals surface area contributed by atoms with Crippen molar-refractivity contribution >= 4 is 33.2 Å². The Bertz CT molecular complexity index is 1420. The minimum absolute atomic E-state index is 0.00556. The van der Waals surface area contributed by atoms with Gasteiger partial charge in [-0.2, -0.15) is 0 Å². The van der Waals surface area contributed by atoms with Crippen molar-refractivity contribution in [3.05, 3.63) is 83.4 Å². The molecule has 2 aromatic carbocycles. The first-order chi connectivity index (χ1) is 20.5. The number of anilines is 1. The van der Waals surface area contributed by atoms with Crippen molar-refractivity contribution in [3.63, 3.8) is 0 Å². The summed E-state index contributed by atoms with van der Waals surface area (Å²) in [5, 5.41) is 9.04. The standard InChI is InChI=1S/C32H39ClF2N2O5S/c1-3-5-9-30(31(34)35)43(40,41)36-32(39)22-12-15-29-27(18-22)37(19-23-11-14-26(23)28(38)4-2)16-7-6-8-21-17-25(33)13-10-24(21)20-42-29/h3-4,10,12-13,15,17-18,23,26,28,30-31,38H,1-2,5-9,11,14,16,19-20H2,(H,36,39)/t23-,26+,28-,30+/m0/s1. The highest BCUT2D eigenvalue weighted by molar-refractivity contribution is 7.90. The molecule has 0 radical (unpaired) electrons. The number of alkyl halides is 2. The fourth-order valence-corrected chi connectivity index (χ4v) is 7.21. The van der Waals surface area contributed by atoms with E-state index in [1.165, 1.54) is 12.1 Å². The van der Waals surface area contributed by atoms with Gasteiger partial charge in [-0.3, -0.25) is 4.79 Å². The molecule has 2 aromatic rings. The zero-order valence-electron chi connectivity index (χ0n) is 24.1. The first-order valence-electron chi connectivity index (χ1n) is 14.6. The SMILES string of the molecule is C=CCC[C@H](C(F)F)S(=O)(=O)NC(=O)c1ccc2c(c1)N(C[C@@H]1CC[C@H]1[C@@H](O)C=C)CCCCc1cc(Cl)ccc1CO2. The minimum atomic E-state index is -4.67. The van der Waals surface area contributed by atoms with Crippen LogP contribution in [0.1, 0.15) is 60.0 Å². The molecule has 1 aliphatic carbocycles. The van der Waals surface area contributed by atoms with E-state index in [4.69, 9.17) is 16.3 Å². The van der Waals surface area contributed by atoms with Crippen LogP contribution < -0.4 is 14.4 Å². The summed E-state index contributed by atoms with van der Waals surface area (Å²) in [6.45, 7) is 8.66. The summed E-state index contributed by atoms with van der Waals surface area (Å²) < 4.78 is 60.9. The Morgan fingerprint density at radius 2 is 1.95 bits per heavy atom. The summed E-state index contributed by atoms with van der Waals surface area (Å²) in [6, 6.07) is 10.3. The Morgan fingerprint density at radius 1 is 1.16 bits per heavy atom. The largest absolute Gasteiger partial charge is 0.487 e. The van der Waals surface area contributed by atoms with E-state index < -0.39 is 33.7 Å². The fourth-order valence-electron chi connectivity index (χ4n) is 5.77. The van der Waals surface area contributed by atoms with Gasteiger partial charge in [-0.15, -0.1) is 13.2 Å². The van der Waals surface area contributed by atoms with Crippen molar-refractivity contribution in [1.82, 2.24) is 4.72 Å². The third kappa shape index (κ3) is 8.16. The van der Waals surface area contributed by atoms with E-state index in [1.54, 1.807) is 18.2 Å². The average molecular weight is 637 g/mol. The molecule has 1 heterocycles. The second kappa shape index (κ2) is 14.7. The van der Waals surface area contributed by atoms with E-state index in [-0.39, 0.29) is 36.8 Å². The summed E-state index contributed by atoms with van der Waals surface area (Å²) in [5.41, 5.74) is 2.69. The molecule has 0 saturated heterocycles. The van der Waals surface area contributed by atoms with Crippen LogP contribution in [0.5, 0.6) is 5.75 Å². The van der Waals surface area contributed by atoms with Crippen molar-refractivity contribution in [2.24, 2.45) is 11.8 Å². The lowest BCUT2D eigenvalue weighted by Crippen LogP contribution is -2.43. The van der Waals surface area contributed by atoms with Gasteiger partial charge in [0.1, 0.15) is 17.6 Å². The van der Waals surface area contributed by atoms with Crippen molar-refractivity contribution in [2.75, 3.05) is 18.0 Å². The van der Waals surface area contributed by atoms with Gasteiger partial charge >= 0.3 is 0 Å². The number of aryl methyl sites for hydroxylation is 1. The van der Waals surface area contributed by atoms with Crippen LogP contribution in [0.4, 0.5) is 14.5 Å². The molecular weight excluding hydrogens is 598 g/mol. The second-order valence-corrected chi connectivity index (χ2v) is 13.6. The molecule has 4 atom stereocenters. The van der Waals surface area contributed by atoms with E-state index in [0.29, 0.717) is 29.5 Å². The number of amides is 1. The quantitative estimate of drug-likeness (QED) is 0.281. The Balaban J connectivity index is 1.66. The van der Waals surface area contributed by atoms with Gasteiger partial charge in [0.15, 0.2) is 0 Å².